The van der Waals surface area contributed by atoms with Crippen LogP contribution in [0, 0.1) is 17.8 Å². The van der Waals surface area contributed by atoms with E-state index in [1.165, 1.54) is 13.8 Å². The molecule has 0 aromatic rings. The number of nitrogens with two attached hydrogens (primary N) is 1. The number of amides is 5. The standard InChI is InChI=1S/C25H46N6O9/c1-10(2)16(21(35)27-13(7)25(39)40)30-24(38)19(14(8)33)31-23(37)18(12(5)6)29-22(36)17(11(3)4)28-20(34)15(26)9-32/h10-19,32-33H,9,26H2,1-8H3,(H,27,35)(H,28,34)(H,29,36)(H,30,38)(H,31,37)(H,39,40)/t13-,14+,15-,16-,17-,18-,19-/m0/s1. The fraction of sp³-hybridized carbons (Fsp3) is 0.760. The molecular weight excluding hydrogens is 528 g/mol. The fourth-order valence-electron chi connectivity index (χ4n) is 3.45. The molecular formula is C25H46N6O9. The van der Waals surface area contributed by atoms with E-state index in [4.69, 9.17) is 15.9 Å². The van der Waals surface area contributed by atoms with Gasteiger partial charge in [0, 0.05) is 0 Å². The number of carboxylic acid groups (broad SMARTS) is 1. The van der Waals surface area contributed by atoms with Crippen molar-refractivity contribution in [1.82, 2.24) is 26.6 Å². The maximum atomic E-state index is 13.2. The first-order valence-electron chi connectivity index (χ1n) is 13.1. The molecule has 0 spiro atoms. The molecule has 10 N–H and O–H groups in total. The normalized spacial score (nSPS) is 16.6. The highest BCUT2D eigenvalue weighted by Crippen LogP contribution is 2.09. The molecule has 0 heterocycles. The summed E-state index contributed by atoms with van der Waals surface area (Å²) in [5, 5.41) is 40.5. The van der Waals surface area contributed by atoms with Crippen LogP contribution in [0.25, 0.3) is 0 Å². The minimum absolute atomic E-state index is 0.412. The van der Waals surface area contributed by atoms with E-state index in [0.717, 1.165) is 0 Å². The molecule has 0 saturated carbocycles. The average molecular weight is 575 g/mol. The van der Waals surface area contributed by atoms with Crippen molar-refractivity contribution < 1.29 is 44.1 Å². The molecule has 0 rings (SSSR count). The van der Waals surface area contributed by atoms with Gasteiger partial charge in [0.05, 0.1) is 12.7 Å². The van der Waals surface area contributed by atoms with Crippen LogP contribution in [0.2, 0.25) is 0 Å². The van der Waals surface area contributed by atoms with Gasteiger partial charge in [0.15, 0.2) is 0 Å². The molecule has 0 saturated heterocycles. The molecule has 15 heteroatoms. The lowest BCUT2D eigenvalue weighted by Crippen LogP contribution is -2.63. The van der Waals surface area contributed by atoms with Crippen molar-refractivity contribution in [2.24, 2.45) is 23.5 Å². The van der Waals surface area contributed by atoms with E-state index in [9.17, 15) is 33.9 Å². The Bertz CT molecular complexity index is 909. The van der Waals surface area contributed by atoms with Crippen LogP contribution >= 0.6 is 0 Å². The number of aliphatic hydroxyl groups excluding tert-OH is 2. The number of hydrogen-bond acceptors (Lipinski definition) is 9. The Hall–Kier alpha value is -3.30. The van der Waals surface area contributed by atoms with E-state index in [1.807, 2.05) is 0 Å². The Morgan fingerprint density at radius 2 is 0.875 bits per heavy atom. The summed E-state index contributed by atoms with van der Waals surface area (Å²) in [5.41, 5.74) is 5.51. The van der Waals surface area contributed by atoms with Crippen LogP contribution in [0.3, 0.4) is 0 Å². The molecule has 0 radical (unpaired) electrons. The van der Waals surface area contributed by atoms with Gasteiger partial charge >= 0.3 is 5.97 Å². The number of aliphatic hydroxyl groups is 2. The highest BCUT2D eigenvalue weighted by atomic mass is 16.4. The maximum absolute atomic E-state index is 13.2. The topological polar surface area (TPSA) is 249 Å². The van der Waals surface area contributed by atoms with Crippen LogP contribution in [0.4, 0.5) is 0 Å². The lowest BCUT2D eigenvalue weighted by Gasteiger charge is -2.30. The van der Waals surface area contributed by atoms with Crippen molar-refractivity contribution >= 4 is 35.5 Å². The summed E-state index contributed by atoms with van der Waals surface area (Å²) in [7, 11) is 0. The predicted molar refractivity (Wildman–Crippen MR) is 144 cm³/mol. The van der Waals surface area contributed by atoms with E-state index in [2.05, 4.69) is 26.6 Å². The summed E-state index contributed by atoms with van der Waals surface area (Å²) in [6.45, 7) is 11.7. The van der Waals surface area contributed by atoms with Crippen molar-refractivity contribution in [2.45, 2.75) is 97.7 Å². The van der Waals surface area contributed by atoms with Crippen molar-refractivity contribution in [3.63, 3.8) is 0 Å². The molecule has 0 aliphatic carbocycles. The Morgan fingerprint density at radius 3 is 1.18 bits per heavy atom. The zero-order valence-corrected chi connectivity index (χ0v) is 24.3. The lowest BCUT2D eigenvalue weighted by molar-refractivity contribution is -0.142. The molecule has 230 valence electrons. The van der Waals surface area contributed by atoms with Crippen LogP contribution in [-0.2, 0) is 28.8 Å². The van der Waals surface area contributed by atoms with E-state index < -0.39 is 102 Å². The molecule has 0 unspecified atom stereocenters. The third-order valence-corrected chi connectivity index (χ3v) is 6.07. The monoisotopic (exact) mass is 574 g/mol. The molecule has 0 aromatic heterocycles. The first-order chi connectivity index (χ1) is 18.3. The van der Waals surface area contributed by atoms with E-state index >= 15 is 0 Å². The number of carboxylic acids is 1. The van der Waals surface area contributed by atoms with E-state index in [-0.39, 0.29) is 0 Å². The van der Waals surface area contributed by atoms with Gasteiger partial charge in [-0.3, -0.25) is 28.8 Å². The highest BCUT2D eigenvalue weighted by molar-refractivity contribution is 5.96. The number of aliphatic carboxylic acids is 1. The first-order valence-corrected chi connectivity index (χ1v) is 13.1. The zero-order chi connectivity index (χ0) is 31.5. The van der Waals surface area contributed by atoms with Gasteiger partial charge in [-0.15, -0.1) is 0 Å². The van der Waals surface area contributed by atoms with E-state index in [0.29, 0.717) is 0 Å². The van der Waals surface area contributed by atoms with Crippen LogP contribution in [0.5, 0.6) is 0 Å². The fourth-order valence-corrected chi connectivity index (χ4v) is 3.45. The molecule has 0 bridgehead atoms. The summed E-state index contributed by atoms with van der Waals surface area (Å²) in [6, 6.07) is -7.44. The minimum atomic E-state index is -1.53. The minimum Gasteiger partial charge on any atom is -0.480 e. The van der Waals surface area contributed by atoms with Gasteiger partial charge in [0.2, 0.25) is 29.5 Å². The average Bonchev–Trinajstić information content (AvgIpc) is 2.85. The van der Waals surface area contributed by atoms with Gasteiger partial charge in [-0.05, 0) is 31.6 Å². The summed E-state index contributed by atoms with van der Waals surface area (Å²) < 4.78 is 0. The van der Waals surface area contributed by atoms with Gasteiger partial charge in [-0.25, -0.2) is 0 Å². The van der Waals surface area contributed by atoms with Gasteiger partial charge in [-0.1, -0.05) is 41.5 Å². The van der Waals surface area contributed by atoms with Crippen LogP contribution in [0.15, 0.2) is 0 Å². The van der Waals surface area contributed by atoms with Crippen molar-refractivity contribution in [3.8, 4) is 0 Å². The maximum Gasteiger partial charge on any atom is 0.325 e. The lowest BCUT2D eigenvalue weighted by atomic mass is 9.98. The van der Waals surface area contributed by atoms with Gasteiger partial charge < -0.3 is 47.6 Å². The quantitative estimate of drug-likeness (QED) is 0.0914. The number of carbonyl (C=O) groups is 6. The van der Waals surface area contributed by atoms with Crippen LogP contribution < -0.4 is 32.3 Å². The Kier molecular flexibility index (Phi) is 15.3. The van der Waals surface area contributed by atoms with Crippen molar-refractivity contribution in [3.05, 3.63) is 0 Å². The Morgan fingerprint density at radius 1 is 0.575 bits per heavy atom. The summed E-state index contributed by atoms with van der Waals surface area (Å²) in [6.07, 6.45) is -1.41. The Balaban J connectivity index is 5.74. The third kappa shape index (κ3) is 11.4. The number of hydrogen-bond donors (Lipinski definition) is 9. The van der Waals surface area contributed by atoms with Gasteiger partial charge in [-0.2, -0.15) is 0 Å². The third-order valence-electron chi connectivity index (χ3n) is 6.07. The van der Waals surface area contributed by atoms with E-state index in [1.54, 1.807) is 41.5 Å². The summed E-state index contributed by atoms with van der Waals surface area (Å²) in [4.78, 5) is 75.0. The molecule has 0 aliphatic rings. The second kappa shape index (κ2) is 16.7. The number of nitrogens with one attached hydrogen (secondary N) is 5. The molecule has 0 fully saturated rings. The molecule has 15 nitrogen and oxygen atoms in total. The summed E-state index contributed by atoms with van der Waals surface area (Å²) in [5.74, 6) is -6.58. The summed E-state index contributed by atoms with van der Waals surface area (Å²) >= 11 is 0. The molecule has 5 amide bonds. The second-order valence-electron chi connectivity index (χ2n) is 10.8. The van der Waals surface area contributed by atoms with Crippen LogP contribution in [-0.4, -0.2) is 99.8 Å². The molecule has 0 aromatic carbocycles. The molecule has 7 atom stereocenters. The molecule has 0 aliphatic heterocycles. The second-order valence-corrected chi connectivity index (χ2v) is 10.8. The zero-order valence-electron chi connectivity index (χ0n) is 24.3. The van der Waals surface area contributed by atoms with Gasteiger partial charge in [0.25, 0.3) is 0 Å². The van der Waals surface area contributed by atoms with Crippen LogP contribution in [0.1, 0.15) is 55.4 Å². The van der Waals surface area contributed by atoms with Gasteiger partial charge in [0.1, 0.15) is 36.3 Å². The highest BCUT2D eigenvalue weighted by Gasteiger charge is 2.36. The largest absolute Gasteiger partial charge is 0.480 e. The smallest absolute Gasteiger partial charge is 0.325 e. The Labute approximate surface area is 234 Å². The molecule has 40 heavy (non-hydrogen) atoms. The number of carbonyl (C=O) groups excluding carboxylic acids is 5. The predicted octanol–water partition coefficient (Wildman–Crippen LogP) is -2.82. The van der Waals surface area contributed by atoms with Crippen molar-refractivity contribution in [2.75, 3.05) is 6.61 Å². The first kappa shape index (κ1) is 36.7. The SMILES string of the molecule is CC(C)[C@H](NC(=O)[C@@H](NC(=O)[C@@H](N)CO)C(C)C)C(=O)N[C@H](C(=O)N[C@H](C(=O)N[C@@H](C)C(=O)O)C(C)C)[C@@H](C)O. The number of rotatable bonds is 16. The van der Waals surface area contributed by atoms with Crippen molar-refractivity contribution in [1.29, 1.82) is 0 Å².